The Bertz CT molecular complexity index is 895. The normalized spacial score (nSPS) is 14.3. The van der Waals surface area contributed by atoms with Gasteiger partial charge in [-0.2, -0.15) is 4.21 Å². The molecule has 0 N–H and O–H groups in total. The Labute approximate surface area is 168 Å². The third kappa shape index (κ3) is 7.22. The first-order valence-electron chi connectivity index (χ1n) is 8.11. The molecule has 0 fully saturated rings. The topological polar surface area (TPSA) is 95.8 Å². The van der Waals surface area contributed by atoms with E-state index in [1.165, 1.54) is 0 Å². The summed E-state index contributed by atoms with van der Waals surface area (Å²) in [6.45, 7) is 6.96. The fourth-order valence-electron chi connectivity index (χ4n) is 1.69. The lowest BCUT2D eigenvalue weighted by Crippen LogP contribution is -2.10. The summed E-state index contributed by atoms with van der Waals surface area (Å²) in [5, 5.41) is 7.28. The molecule has 0 aromatic heterocycles. The molecule has 150 valence electrons. The van der Waals surface area contributed by atoms with Crippen LogP contribution in [0.2, 0.25) is 0 Å². The predicted octanol–water partition coefficient (Wildman–Crippen LogP) is 3.70. The van der Waals surface area contributed by atoms with Crippen LogP contribution in [0.4, 0.5) is 0 Å². The zero-order valence-electron chi connectivity index (χ0n) is 15.8. The average molecular weight is 425 g/mol. The maximum Gasteiger partial charge on any atom is 0.439 e. The summed E-state index contributed by atoms with van der Waals surface area (Å²) in [6.07, 6.45) is 0. The van der Waals surface area contributed by atoms with Gasteiger partial charge in [0.05, 0.1) is 4.90 Å². The van der Waals surface area contributed by atoms with Crippen LogP contribution < -0.4 is 4.18 Å². The SMILES string of the molecule is CC(=NOOS(=O)c1ccc(C)cc1)C(C)=NOS(=O)Oc1ccc(C)cc1. The summed E-state index contributed by atoms with van der Waals surface area (Å²) in [5.41, 5.74) is 2.62. The summed E-state index contributed by atoms with van der Waals surface area (Å²) in [7, 11) is 0. The number of rotatable bonds is 9. The van der Waals surface area contributed by atoms with Crippen molar-refractivity contribution in [3.63, 3.8) is 0 Å². The first-order valence-corrected chi connectivity index (χ1v) is 10.2. The lowest BCUT2D eigenvalue weighted by Gasteiger charge is -2.03. The minimum absolute atomic E-state index is 0.269. The quantitative estimate of drug-likeness (QED) is 0.346. The Morgan fingerprint density at radius 1 is 0.821 bits per heavy atom. The van der Waals surface area contributed by atoms with Crippen LogP contribution in [0.5, 0.6) is 5.75 Å². The van der Waals surface area contributed by atoms with Gasteiger partial charge in [-0.1, -0.05) is 44.9 Å². The molecule has 2 aromatic rings. The van der Waals surface area contributed by atoms with Gasteiger partial charge in [0, 0.05) is 0 Å². The molecule has 2 atom stereocenters. The maximum atomic E-state index is 11.9. The molecule has 0 aliphatic heterocycles. The van der Waals surface area contributed by atoms with Crippen molar-refractivity contribution in [2.45, 2.75) is 32.6 Å². The molecule has 28 heavy (non-hydrogen) atoms. The molecule has 0 aliphatic rings. The molecule has 0 saturated heterocycles. The lowest BCUT2D eigenvalue weighted by atomic mass is 10.2. The van der Waals surface area contributed by atoms with E-state index in [1.54, 1.807) is 50.2 Å². The molecule has 2 rings (SSSR count). The number of benzene rings is 2. The highest BCUT2D eigenvalue weighted by molar-refractivity contribution is 7.80. The van der Waals surface area contributed by atoms with Crippen LogP contribution in [0.3, 0.4) is 0 Å². The van der Waals surface area contributed by atoms with Crippen molar-refractivity contribution in [2.24, 2.45) is 10.3 Å². The highest BCUT2D eigenvalue weighted by atomic mass is 32.2. The van der Waals surface area contributed by atoms with Crippen molar-refractivity contribution < 1.29 is 26.2 Å². The fourth-order valence-corrected chi connectivity index (χ4v) is 2.69. The molecule has 0 amide bonds. The minimum atomic E-state index is -2.12. The summed E-state index contributed by atoms with van der Waals surface area (Å²) in [5.74, 6) is 0.387. The number of hydrogen-bond acceptors (Lipinski definition) is 8. The van der Waals surface area contributed by atoms with Crippen LogP contribution in [-0.4, -0.2) is 19.8 Å². The zero-order chi connectivity index (χ0) is 20.5. The Kier molecular flexibility index (Phi) is 8.30. The van der Waals surface area contributed by atoms with E-state index in [0.29, 0.717) is 10.6 Å². The molecular formula is C18H20N2O6S2. The number of aryl methyl sites for hydroxylation is 2. The van der Waals surface area contributed by atoms with Crippen LogP contribution in [0.25, 0.3) is 0 Å². The lowest BCUT2D eigenvalue weighted by molar-refractivity contribution is -0.196. The Morgan fingerprint density at radius 3 is 1.96 bits per heavy atom. The van der Waals surface area contributed by atoms with Crippen molar-refractivity contribution in [2.75, 3.05) is 0 Å². The average Bonchev–Trinajstić information content (AvgIpc) is 2.68. The van der Waals surface area contributed by atoms with Gasteiger partial charge in [-0.25, -0.2) is 9.20 Å². The molecule has 0 bridgehead atoms. The molecule has 0 aliphatic carbocycles. The van der Waals surface area contributed by atoms with Crippen LogP contribution in [0.1, 0.15) is 25.0 Å². The van der Waals surface area contributed by atoms with E-state index in [4.69, 9.17) is 12.8 Å². The first-order chi connectivity index (χ1) is 13.3. The maximum absolute atomic E-state index is 11.9. The second-order valence-electron chi connectivity index (χ2n) is 5.72. The number of hydrogen-bond donors (Lipinski definition) is 0. The van der Waals surface area contributed by atoms with E-state index in [-0.39, 0.29) is 11.4 Å². The third-order valence-corrected chi connectivity index (χ3v) is 4.79. The van der Waals surface area contributed by atoms with Crippen molar-refractivity contribution in [1.29, 1.82) is 0 Å². The van der Waals surface area contributed by atoms with E-state index in [0.717, 1.165) is 11.1 Å². The number of oxime groups is 2. The molecule has 0 heterocycles. The Balaban J connectivity index is 1.82. The van der Waals surface area contributed by atoms with E-state index >= 15 is 0 Å². The standard InChI is InChI=1S/C18H20N2O6S2/c1-13-5-9-17(10-6-13)23-28(22)25-20-16(4)15(3)19-24-26-27(21)18-11-7-14(2)8-12-18/h5-12H,1-4H3. The fraction of sp³-hybridized carbons (Fsp3) is 0.222. The summed E-state index contributed by atoms with van der Waals surface area (Å²) in [6, 6.07) is 13.9. The van der Waals surface area contributed by atoms with Crippen LogP contribution in [0, 0.1) is 13.8 Å². The predicted molar refractivity (Wildman–Crippen MR) is 107 cm³/mol. The zero-order valence-corrected chi connectivity index (χ0v) is 17.4. The van der Waals surface area contributed by atoms with Crippen LogP contribution in [-0.2, 0) is 36.0 Å². The van der Waals surface area contributed by atoms with Gasteiger partial charge in [0.2, 0.25) is 11.1 Å². The third-order valence-electron chi connectivity index (χ3n) is 3.42. The highest BCUT2D eigenvalue weighted by Gasteiger charge is 2.08. The minimum Gasteiger partial charge on any atom is -0.370 e. The molecule has 0 radical (unpaired) electrons. The highest BCUT2D eigenvalue weighted by Crippen LogP contribution is 2.13. The molecule has 2 aromatic carbocycles. The van der Waals surface area contributed by atoms with E-state index < -0.39 is 22.4 Å². The molecule has 0 saturated carbocycles. The van der Waals surface area contributed by atoms with Crippen molar-refractivity contribution in [3.05, 3.63) is 59.7 Å². The summed E-state index contributed by atoms with van der Waals surface area (Å²) in [4.78, 5) is 5.06. The second-order valence-corrected chi connectivity index (χ2v) is 7.52. The number of nitrogens with zero attached hydrogens (tertiary/aromatic N) is 2. The van der Waals surface area contributed by atoms with Gasteiger partial charge in [-0.3, -0.25) is 4.28 Å². The van der Waals surface area contributed by atoms with E-state index in [1.807, 2.05) is 26.0 Å². The van der Waals surface area contributed by atoms with E-state index in [2.05, 4.69) is 15.3 Å². The van der Waals surface area contributed by atoms with Gasteiger partial charge in [-0.05, 0) is 57.1 Å². The van der Waals surface area contributed by atoms with Crippen LogP contribution in [0.15, 0.2) is 63.7 Å². The van der Waals surface area contributed by atoms with Gasteiger partial charge >= 0.3 is 11.4 Å². The summed E-state index contributed by atoms with van der Waals surface area (Å²) < 4.78 is 38.2. The van der Waals surface area contributed by atoms with Gasteiger partial charge < -0.3 is 4.18 Å². The molecule has 10 heteroatoms. The Morgan fingerprint density at radius 2 is 1.36 bits per heavy atom. The van der Waals surface area contributed by atoms with Gasteiger partial charge in [0.1, 0.15) is 17.2 Å². The van der Waals surface area contributed by atoms with E-state index in [9.17, 15) is 8.42 Å². The smallest absolute Gasteiger partial charge is 0.370 e. The largest absolute Gasteiger partial charge is 0.439 e. The molecular weight excluding hydrogens is 404 g/mol. The van der Waals surface area contributed by atoms with Gasteiger partial charge in [0.15, 0.2) is 0 Å². The van der Waals surface area contributed by atoms with Crippen molar-refractivity contribution in [3.8, 4) is 5.75 Å². The molecule has 8 nitrogen and oxygen atoms in total. The Hall–Kier alpha value is -2.56. The van der Waals surface area contributed by atoms with Crippen molar-refractivity contribution >= 4 is 33.9 Å². The summed E-state index contributed by atoms with van der Waals surface area (Å²) >= 11 is -3.94. The second kappa shape index (κ2) is 10.7. The monoisotopic (exact) mass is 424 g/mol. The van der Waals surface area contributed by atoms with Gasteiger partial charge in [-0.15, -0.1) is 0 Å². The molecule has 2 unspecified atom stereocenters. The van der Waals surface area contributed by atoms with Crippen LogP contribution >= 0.6 is 0 Å². The molecule has 0 spiro atoms. The van der Waals surface area contributed by atoms with Gasteiger partial charge in [0.25, 0.3) is 0 Å². The van der Waals surface area contributed by atoms with Crippen molar-refractivity contribution in [1.82, 2.24) is 0 Å². The first kappa shape index (κ1) is 21.7.